The molecule has 0 amide bonds. The fourth-order valence-corrected chi connectivity index (χ4v) is 6.57. The van der Waals surface area contributed by atoms with Crippen LogP contribution in [0.5, 0.6) is 5.75 Å². The van der Waals surface area contributed by atoms with Crippen LogP contribution in [-0.2, 0) is 0 Å². The second-order valence-electron chi connectivity index (χ2n) is 9.54. The third-order valence-electron chi connectivity index (χ3n) is 7.08. The van der Waals surface area contributed by atoms with Crippen molar-refractivity contribution in [2.75, 3.05) is 31.6 Å². The van der Waals surface area contributed by atoms with Gasteiger partial charge in [0.25, 0.3) is 0 Å². The minimum absolute atomic E-state index is 0.263. The number of aromatic nitrogens is 6. The number of nitrogens with one attached hydrogen (secondary N) is 1. The molecule has 4 aromatic heterocycles. The van der Waals surface area contributed by atoms with Gasteiger partial charge in [-0.2, -0.15) is 10.2 Å². The van der Waals surface area contributed by atoms with Gasteiger partial charge in [0.1, 0.15) is 22.0 Å². The van der Waals surface area contributed by atoms with Crippen LogP contribution in [0, 0.1) is 0 Å². The maximum absolute atomic E-state index is 5.57. The van der Waals surface area contributed by atoms with Crippen molar-refractivity contribution in [2.24, 2.45) is 0 Å². The maximum atomic E-state index is 5.57. The summed E-state index contributed by atoms with van der Waals surface area (Å²) in [4.78, 5) is 14.3. The molecular formula is C24H30N8OS. The van der Waals surface area contributed by atoms with Gasteiger partial charge in [-0.05, 0) is 31.4 Å². The topological polar surface area (TPSA) is 87.5 Å². The zero-order valence-electron chi connectivity index (χ0n) is 20.0. The average Bonchev–Trinajstić information content (AvgIpc) is 3.64. The van der Waals surface area contributed by atoms with E-state index in [2.05, 4.69) is 45.8 Å². The maximum Gasteiger partial charge on any atom is 0.197 e. The molecule has 4 aromatic rings. The summed E-state index contributed by atoms with van der Waals surface area (Å²) < 4.78 is 7.31. The Kier molecular flexibility index (Phi) is 5.29. The van der Waals surface area contributed by atoms with E-state index in [0.29, 0.717) is 23.5 Å². The van der Waals surface area contributed by atoms with Gasteiger partial charge in [-0.1, -0.05) is 32.1 Å². The van der Waals surface area contributed by atoms with E-state index in [1.807, 2.05) is 18.5 Å². The molecular weight excluding hydrogens is 448 g/mol. The number of hydrogen-bond donors (Lipinski definition) is 1. The molecule has 2 aliphatic rings. The molecule has 0 spiro atoms. The second-order valence-corrected chi connectivity index (χ2v) is 10.5. The van der Waals surface area contributed by atoms with E-state index in [9.17, 15) is 0 Å². The van der Waals surface area contributed by atoms with E-state index in [1.165, 1.54) is 37.3 Å². The SMILES string of the molecule is CCCN1C[C@H]2C[C@@H]1CN2c1cnc(-c2n[nH]c(-c3cc(OC)c4ncnn4c3)c2C(C)C)s1. The Balaban J connectivity index is 1.33. The summed E-state index contributed by atoms with van der Waals surface area (Å²) >= 11 is 1.75. The summed E-state index contributed by atoms with van der Waals surface area (Å²) in [5.74, 6) is 0.942. The number of rotatable bonds is 7. The molecule has 178 valence electrons. The van der Waals surface area contributed by atoms with Crippen molar-refractivity contribution in [1.82, 2.24) is 34.7 Å². The van der Waals surface area contributed by atoms with Crippen LogP contribution in [0.3, 0.4) is 0 Å². The number of piperazine rings is 1. The number of aromatic amines is 1. The van der Waals surface area contributed by atoms with Gasteiger partial charge < -0.3 is 9.64 Å². The molecule has 2 aliphatic heterocycles. The average molecular weight is 479 g/mol. The summed E-state index contributed by atoms with van der Waals surface area (Å²) in [5, 5.41) is 14.5. The van der Waals surface area contributed by atoms with Gasteiger partial charge >= 0.3 is 0 Å². The quantitative estimate of drug-likeness (QED) is 0.429. The van der Waals surface area contributed by atoms with Gasteiger partial charge in [0.2, 0.25) is 0 Å². The fourth-order valence-electron chi connectivity index (χ4n) is 5.57. The lowest BCUT2D eigenvalue weighted by Crippen LogP contribution is -2.46. The summed E-state index contributed by atoms with van der Waals surface area (Å²) in [6.45, 7) is 10.1. The molecule has 2 saturated heterocycles. The number of anilines is 1. The molecule has 10 heteroatoms. The Morgan fingerprint density at radius 3 is 2.85 bits per heavy atom. The molecule has 2 bridgehead atoms. The fraction of sp³-hybridized carbons (Fsp3) is 0.500. The largest absolute Gasteiger partial charge is 0.493 e. The number of H-pyrrole nitrogens is 1. The summed E-state index contributed by atoms with van der Waals surface area (Å²) in [6, 6.07) is 3.27. The third kappa shape index (κ3) is 3.39. The van der Waals surface area contributed by atoms with Crippen molar-refractivity contribution in [2.45, 2.75) is 51.6 Å². The van der Waals surface area contributed by atoms with Gasteiger partial charge in [0.15, 0.2) is 11.4 Å². The van der Waals surface area contributed by atoms with Crippen LogP contribution in [0.2, 0.25) is 0 Å². The number of ether oxygens (including phenoxy) is 1. The van der Waals surface area contributed by atoms with Gasteiger partial charge in [-0.25, -0.2) is 14.5 Å². The summed E-state index contributed by atoms with van der Waals surface area (Å²) in [6.07, 6.45) is 8.03. The van der Waals surface area contributed by atoms with Crippen molar-refractivity contribution in [3.63, 3.8) is 0 Å². The Bertz CT molecular complexity index is 1320. The smallest absolute Gasteiger partial charge is 0.197 e. The highest BCUT2D eigenvalue weighted by atomic mass is 32.1. The van der Waals surface area contributed by atoms with Crippen LogP contribution < -0.4 is 9.64 Å². The number of pyridine rings is 1. The minimum Gasteiger partial charge on any atom is -0.493 e. The highest BCUT2D eigenvalue weighted by Crippen LogP contribution is 2.42. The van der Waals surface area contributed by atoms with E-state index < -0.39 is 0 Å². The van der Waals surface area contributed by atoms with Crippen LogP contribution in [0.15, 0.2) is 24.8 Å². The second kappa shape index (κ2) is 8.35. The zero-order chi connectivity index (χ0) is 23.4. The van der Waals surface area contributed by atoms with Crippen LogP contribution in [0.25, 0.3) is 27.6 Å². The van der Waals surface area contributed by atoms with Crippen molar-refractivity contribution in [1.29, 1.82) is 0 Å². The number of likely N-dealkylation sites (tertiary alicyclic amines) is 1. The lowest BCUT2D eigenvalue weighted by molar-refractivity contribution is 0.240. The molecule has 0 unspecified atom stereocenters. The summed E-state index contributed by atoms with van der Waals surface area (Å²) in [5.41, 5.74) is 4.70. The zero-order valence-corrected chi connectivity index (χ0v) is 20.8. The van der Waals surface area contributed by atoms with Crippen LogP contribution in [0.4, 0.5) is 5.00 Å². The third-order valence-corrected chi connectivity index (χ3v) is 8.12. The van der Waals surface area contributed by atoms with Crippen molar-refractivity contribution >= 4 is 22.0 Å². The van der Waals surface area contributed by atoms with Gasteiger partial charge in [-0.15, -0.1) is 0 Å². The van der Waals surface area contributed by atoms with E-state index in [4.69, 9.17) is 14.8 Å². The predicted molar refractivity (Wildman–Crippen MR) is 134 cm³/mol. The molecule has 6 rings (SSSR count). The first-order chi connectivity index (χ1) is 16.6. The van der Waals surface area contributed by atoms with E-state index in [1.54, 1.807) is 23.0 Å². The van der Waals surface area contributed by atoms with Crippen molar-refractivity contribution in [3.8, 4) is 27.7 Å². The highest BCUT2D eigenvalue weighted by molar-refractivity contribution is 7.18. The monoisotopic (exact) mass is 478 g/mol. The van der Waals surface area contributed by atoms with E-state index in [0.717, 1.165) is 34.1 Å². The molecule has 0 saturated carbocycles. The first-order valence-electron chi connectivity index (χ1n) is 12.0. The van der Waals surface area contributed by atoms with E-state index >= 15 is 0 Å². The minimum atomic E-state index is 0.263. The standard InChI is InChI=1S/C24H30N8OS/c1-5-6-30-11-17-8-16(30)12-31(17)19-9-25-24(34-19)22-20(14(2)3)21(28-29-22)15-7-18(33-4)23-26-13-27-32(23)10-15/h7,9-10,13-14,16-17H,5-6,8,11-12H2,1-4H3,(H,28,29)/t16-,17-/m1/s1. The lowest BCUT2D eigenvalue weighted by Gasteiger charge is -2.34. The molecule has 9 nitrogen and oxygen atoms in total. The Labute approximate surface area is 202 Å². The molecule has 1 N–H and O–H groups in total. The molecule has 34 heavy (non-hydrogen) atoms. The molecule has 2 fully saturated rings. The first-order valence-corrected chi connectivity index (χ1v) is 12.8. The number of thiazole rings is 1. The number of fused-ring (bicyclic) bond motifs is 3. The number of methoxy groups -OCH3 is 1. The molecule has 0 radical (unpaired) electrons. The van der Waals surface area contributed by atoms with Gasteiger partial charge in [-0.3, -0.25) is 10.00 Å². The highest BCUT2D eigenvalue weighted by Gasteiger charge is 2.43. The van der Waals surface area contributed by atoms with Crippen molar-refractivity contribution < 1.29 is 4.74 Å². The normalized spacial score (nSPS) is 20.3. The van der Waals surface area contributed by atoms with E-state index in [-0.39, 0.29) is 5.92 Å². The number of hydrogen-bond acceptors (Lipinski definition) is 8. The lowest BCUT2D eigenvalue weighted by atomic mass is 9.97. The predicted octanol–water partition coefficient (Wildman–Crippen LogP) is 4.05. The number of nitrogens with zero attached hydrogens (tertiary/aromatic N) is 7. The van der Waals surface area contributed by atoms with Crippen LogP contribution in [0.1, 0.15) is 45.1 Å². The van der Waals surface area contributed by atoms with Crippen molar-refractivity contribution in [3.05, 3.63) is 30.4 Å². The Morgan fingerprint density at radius 1 is 1.24 bits per heavy atom. The molecule has 2 atom stereocenters. The molecule has 0 aliphatic carbocycles. The van der Waals surface area contributed by atoms with Gasteiger partial charge in [0.05, 0.1) is 19.0 Å². The van der Waals surface area contributed by atoms with Crippen LogP contribution >= 0.6 is 11.3 Å². The Hall–Kier alpha value is -2.98. The summed E-state index contributed by atoms with van der Waals surface area (Å²) in [7, 11) is 1.65. The van der Waals surface area contributed by atoms with Gasteiger partial charge in [0, 0.05) is 42.5 Å². The van der Waals surface area contributed by atoms with Crippen LogP contribution in [-0.4, -0.2) is 73.5 Å². The molecule has 6 heterocycles. The first kappa shape index (κ1) is 21.5. The molecule has 0 aromatic carbocycles. The Morgan fingerprint density at radius 2 is 2.12 bits per heavy atom.